The molecule has 2 aromatic carbocycles. The number of nitrogens with zero attached hydrogens (tertiary/aromatic N) is 1. The lowest BCUT2D eigenvalue weighted by molar-refractivity contribution is -0.0504. The first-order chi connectivity index (χ1) is 10.8. The van der Waals surface area contributed by atoms with Crippen LogP contribution in [0.3, 0.4) is 0 Å². The van der Waals surface area contributed by atoms with Crippen LogP contribution in [0.1, 0.15) is 5.56 Å². The van der Waals surface area contributed by atoms with Crippen LogP contribution in [0.15, 0.2) is 54.6 Å². The van der Waals surface area contributed by atoms with Crippen molar-refractivity contribution in [1.82, 2.24) is 4.90 Å². The molecule has 1 atom stereocenters. The van der Waals surface area contributed by atoms with Crippen LogP contribution in [-0.2, 0) is 11.3 Å². The Morgan fingerprint density at radius 1 is 1.09 bits per heavy atom. The van der Waals surface area contributed by atoms with Gasteiger partial charge in [0.1, 0.15) is 24.3 Å². The van der Waals surface area contributed by atoms with Gasteiger partial charge in [-0.1, -0.05) is 30.3 Å². The zero-order valence-electron chi connectivity index (χ0n) is 12.5. The smallest absolute Gasteiger partial charge is 0.123 e. The molecule has 4 heteroatoms. The molecule has 0 aromatic heterocycles. The predicted octanol–water partition coefficient (Wildman–Crippen LogP) is 3.11. The SMILES string of the molecule is Fc1ccc(CN2CCO[C@H](COc3ccccc3)C2)cc1. The van der Waals surface area contributed by atoms with Crippen LogP contribution >= 0.6 is 0 Å². The van der Waals surface area contributed by atoms with Crippen LogP contribution in [0.2, 0.25) is 0 Å². The number of halogens is 1. The third kappa shape index (κ3) is 4.29. The number of para-hydroxylation sites is 1. The van der Waals surface area contributed by atoms with E-state index < -0.39 is 0 Å². The molecular weight excluding hydrogens is 281 g/mol. The van der Waals surface area contributed by atoms with E-state index in [9.17, 15) is 4.39 Å². The Bertz CT molecular complexity index is 573. The van der Waals surface area contributed by atoms with Gasteiger partial charge < -0.3 is 9.47 Å². The molecule has 116 valence electrons. The first-order valence-electron chi connectivity index (χ1n) is 7.56. The van der Waals surface area contributed by atoms with E-state index >= 15 is 0 Å². The minimum Gasteiger partial charge on any atom is -0.491 e. The fourth-order valence-electron chi connectivity index (χ4n) is 2.58. The number of benzene rings is 2. The average Bonchev–Trinajstić information content (AvgIpc) is 2.57. The first-order valence-corrected chi connectivity index (χ1v) is 7.56. The standard InChI is InChI=1S/C18H20FNO2/c19-16-8-6-15(7-9-16)12-20-10-11-21-18(13-20)14-22-17-4-2-1-3-5-17/h1-9,18H,10-14H2/t18-/m0/s1. The summed E-state index contributed by atoms with van der Waals surface area (Å²) in [5.74, 6) is 0.668. The van der Waals surface area contributed by atoms with Crippen molar-refractivity contribution in [3.05, 3.63) is 66.0 Å². The molecule has 3 nitrogen and oxygen atoms in total. The Morgan fingerprint density at radius 3 is 2.64 bits per heavy atom. The molecule has 0 radical (unpaired) electrons. The molecule has 22 heavy (non-hydrogen) atoms. The van der Waals surface area contributed by atoms with Gasteiger partial charge in [-0.15, -0.1) is 0 Å². The Kier molecular flexibility index (Phi) is 5.03. The summed E-state index contributed by atoms with van der Waals surface area (Å²) < 4.78 is 24.5. The molecule has 0 aliphatic carbocycles. The maximum atomic E-state index is 12.9. The molecule has 0 unspecified atom stereocenters. The molecule has 2 aromatic rings. The Morgan fingerprint density at radius 2 is 1.86 bits per heavy atom. The van der Waals surface area contributed by atoms with Crippen molar-refractivity contribution in [3.8, 4) is 5.75 Å². The van der Waals surface area contributed by atoms with Gasteiger partial charge in [-0.2, -0.15) is 0 Å². The van der Waals surface area contributed by atoms with E-state index in [1.54, 1.807) is 0 Å². The van der Waals surface area contributed by atoms with Crippen molar-refractivity contribution in [2.24, 2.45) is 0 Å². The zero-order valence-corrected chi connectivity index (χ0v) is 12.5. The zero-order chi connectivity index (χ0) is 15.2. The molecule has 0 bridgehead atoms. The Labute approximate surface area is 130 Å². The van der Waals surface area contributed by atoms with E-state index in [1.807, 2.05) is 42.5 Å². The van der Waals surface area contributed by atoms with Crippen molar-refractivity contribution in [3.63, 3.8) is 0 Å². The monoisotopic (exact) mass is 301 g/mol. The van der Waals surface area contributed by atoms with Crippen molar-refractivity contribution in [2.75, 3.05) is 26.3 Å². The van der Waals surface area contributed by atoms with E-state index in [4.69, 9.17) is 9.47 Å². The highest BCUT2D eigenvalue weighted by molar-refractivity contribution is 5.21. The second-order valence-corrected chi connectivity index (χ2v) is 5.48. The second-order valence-electron chi connectivity index (χ2n) is 5.48. The van der Waals surface area contributed by atoms with Gasteiger partial charge in [0, 0.05) is 19.6 Å². The van der Waals surface area contributed by atoms with Crippen LogP contribution in [0.5, 0.6) is 5.75 Å². The van der Waals surface area contributed by atoms with E-state index in [0.29, 0.717) is 13.2 Å². The van der Waals surface area contributed by atoms with E-state index in [2.05, 4.69) is 4.90 Å². The fraction of sp³-hybridized carbons (Fsp3) is 0.333. The summed E-state index contributed by atoms with van der Waals surface area (Å²) in [5.41, 5.74) is 1.12. The summed E-state index contributed by atoms with van der Waals surface area (Å²) in [6.45, 7) is 3.77. The lowest BCUT2D eigenvalue weighted by Crippen LogP contribution is -2.44. The minimum absolute atomic E-state index is 0.0643. The summed E-state index contributed by atoms with van der Waals surface area (Å²) in [6, 6.07) is 16.4. The summed E-state index contributed by atoms with van der Waals surface area (Å²) in [6.07, 6.45) is 0.0643. The van der Waals surface area contributed by atoms with Gasteiger partial charge in [-0.25, -0.2) is 4.39 Å². The number of rotatable bonds is 5. The lowest BCUT2D eigenvalue weighted by Gasteiger charge is -2.32. The Balaban J connectivity index is 1.49. The molecule has 3 rings (SSSR count). The minimum atomic E-state index is -0.195. The summed E-state index contributed by atoms with van der Waals surface area (Å²) in [4.78, 5) is 2.32. The van der Waals surface area contributed by atoms with E-state index in [1.165, 1.54) is 12.1 Å². The molecule has 1 fully saturated rings. The van der Waals surface area contributed by atoms with E-state index in [-0.39, 0.29) is 11.9 Å². The highest BCUT2D eigenvalue weighted by Gasteiger charge is 2.21. The summed E-state index contributed by atoms with van der Waals surface area (Å²) >= 11 is 0. The Hall–Kier alpha value is -1.91. The molecular formula is C18H20FNO2. The number of hydrogen-bond donors (Lipinski definition) is 0. The molecule has 0 N–H and O–H groups in total. The molecule has 1 aliphatic heterocycles. The average molecular weight is 301 g/mol. The maximum Gasteiger partial charge on any atom is 0.123 e. The van der Waals surface area contributed by atoms with Crippen LogP contribution in [-0.4, -0.2) is 37.3 Å². The van der Waals surface area contributed by atoms with Crippen molar-refractivity contribution >= 4 is 0 Å². The highest BCUT2D eigenvalue weighted by Crippen LogP contribution is 2.14. The lowest BCUT2D eigenvalue weighted by atomic mass is 10.2. The third-order valence-corrected chi connectivity index (χ3v) is 3.72. The molecule has 1 aliphatic rings. The van der Waals surface area contributed by atoms with Gasteiger partial charge >= 0.3 is 0 Å². The van der Waals surface area contributed by atoms with Crippen molar-refractivity contribution in [2.45, 2.75) is 12.6 Å². The largest absolute Gasteiger partial charge is 0.491 e. The van der Waals surface area contributed by atoms with Crippen LogP contribution < -0.4 is 4.74 Å². The van der Waals surface area contributed by atoms with Gasteiger partial charge in [0.25, 0.3) is 0 Å². The molecule has 1 heterocycles. The van der Waals surface area contributed by atoms with Crippen molar-refractivity contribution in [1.29, 1.82) is 0 Å². The van der Waals surface area contributed by atoms with E-state index in [0.717, 1.165) is 30.9 Å². The van der Waals surface area contributed by atoms with Crippen molar-refractivity contribution < 1.29 is 13.9 Å². The van der Waals surface area contributed by atoms with Crippen LogP contribution in [0.4, 0.5) is 4.39 Å². The number of morpholine rings is 1. The van der Waals surface area contributed by atoms with Gasteiger partial charge in [-0.05, 0) is 29.8 Å². The summed E-state index contributed by atoms with van der Waals surface area (Å²) in [5, 5.41) is 0. The van der Waals surface area contributed by atoms with Gasteiger partial charge in [0.2, 0.25) is 0 Å². The number of ether oxygens (including phenoxy) is 2. The summed E-state index contributed by atoms with van der Waals surface area (Å²) in [7, 11) is 0. The predicted molar refractivity (Wildman–Crippen MR) is 83.4 cm³/mol. The molecule has 0 amide bonds. The normalized spacial score (nSPS) is 19.0. The van der Waals surface area contributed by atoms with Crippen LogP contribution in [0.25, 0.3) is 0 Å². The quantitative estimate of drug-likeness (QED) is 0.847. The first kappa shape index (κ1) is 15.0. The maximum absolute atomic E-state index is 12.9. The number of hydrogen-bond acceptors (Lipinski definition) is 3. The second kappa shape index (κ2) is 7.38. The molecule has 1 saturated heterocycles. The third-order valence-electron chi connectivity index (χ3n) is 3.72. The highest BCUT2D eigenvalue weighted by atomic mass is 19.1. The fourth-order valence-corrected chi connectivity index (χ4v) is 2.58. The van der Waals surface area contributed by atoms with Gasteiger partial charge in [0.15, 0.2) is 0 Å². The van der Waals surface area contributed by atoms with Gasteiger partial charge in [-0.3, -0.25) is 4.90 Å². The topological polar surface area (TPSA) is 21.7 Å². The molecule has 0 saturated carbocycles. The van der Waals surface area contributed by atoms with Crippen LogP contribution in [0, 0.1) is 5.82 Å². The van der Waals surface area contributed by atoms with Gasteiger partial charge in [0.05, 0.1) is 6.61 Å². The molecule has 0 spiro atoms.